The zero-order valence-electron chi connectivity index (χ0n) is 26.1. The number of benzene rings is 3. The van der Waals surface area contributed by atoms with Gasteiger partial charge in [-0.05, 0) is 60.6 Å². The quantitative estimate of drug-likeness (QED) is 0.0810. The summed E-state index contributed by atoms with van der Waals surface area (Å²) in [7, 11) is 1.23. The van der Waals surface area contributed by atoms with Crippen molar-refractivity contribution in [1.29, 1.82) is 0 Å². The second-order valence-electron chi connectivity index (χ2n) is 12.7. The number of halogens is 7. The van der Waals surface area contributed by atoms with E-state index in [1.165, 1.54) is 25.3 Å². The first-order chi connectivity index (χ1) is 23.6. The van der Waals surface area contributed by atoms with E-state index in [-0.39, 0.29) is 34.0 Å². The van der Waals surface area contributed by atoms with Crippen molar-refractivity contribution in [1.82, 2.24) is 0 Å². The highest BCUT2D eigenvalue weighted by molar-refractivity contribution is 6.58. The summed E-state index contributed by atoms with van der Waals surface area (Å²) in [5.74, 6) is -21.7. The van der Waals surface area contributed by atoms with E-state index in [1.807, 2.05) is 6.92 Å². The maximum absolute atomic E-state index is 15.2. The van der Waals surface area contributed by atoms with Crippen molar-refractivity contribution in [2.75, 3.05) is 16.9 Å². The molecule has 0 radical (unpaired) electrons. The Kier molecular flexibility index (Phi) is 7.83. The number of amides is 4. The fourth-order valence-electron chi connectivity index (χ4n) is 7.95. The van der Waals surface area contributed by atoms with Crippen molar-refractivity contribution in [3.05, 3.63) is 94.3 Å². The van der Waals surface area contributed by atoms with Crippen LogP contribution < -0.4 is 14.5 Å². The molecule has 4 amide bonds. The van der Waals surface area contributed by atoms with E-state index < -0.39 is 98.2 Å². The van der Waals surface area contributed by atoms with Crippen LogP contribution in [0.2, 0.25) is 0 Å². The summed E-state index contributed by atoms with van der Waals surface area (Å²) in [4.78, 5) is 52.1. The van der Waals surface area contributed by atoms with E-state index in [0.29, 0.717) is 12.1 Å². The molecule has 2 heterocycles. The number of alkyl halides is 2. The third-order valence-electron chi connectivity index (χ3n) is 10.4. The molecular formula is C35H25Cl2F5N2O6. The number of hydrogen-bond acceptors (Lipinski definition) is 6. The van der Waals surface area contributed by atoms with Crippen LogP contribution in [0.15, 0.2) is 54.1 Å². The minimum Gasteiger partial charge on any atom is -0.504 e. The molecule has 7 rings (SSSR count). The summed E-state index contributed by atoms with van der Waals surface area (Å²) < 4.78 is 78.5. The summed E-state index contributed by atoms with van der Waals surface area (Å²) in [6.45, 7) is 1.94. The molecule has 50 heavy (non-hydrogen) atoms. The van der Waals surface area contributed by atoms with Gasteiger partial charge >= 0.3 is 0 Å². The second-order valence-corrected chi connectivity index (χ2v) is 13.9. The van der Waals surface area contributed by atoms with Gasteiger partial charge in [0.2, 0.25) is 17.6 Å². The molecule has 2 aliphatic carbocycles. The summed E-state index contributed by atoms with van der Waals surface area (Å²) in [5, 5.41) is 10.3. The van der Waals surface area contributed by atoms with Crippen molar-refractivity contribution >= 4 is 58.2 Å². The van der Waals surface area contributed by atoms with Gasteiger partial charge in [0.25, 0.3) is 11.8 Å². The molecule has 6 unspecified atom stereocenters. The minimum atomic E-state index is -2.69. The number of rotatable bonds is 5. The Morgan fingerprint density at radius 2 is 1.46 bits per heavy atom. The van der Waals surface area contributed by atoms with Gasteiger partial charge in [-0.2, -0.15) is 0 Å². The molecule has 1 N–H and O–H groups in total. The minimum absolute atomic E-state index is 0.0118. The first-order valence-electron chi connectivity index (χ1n) is 15.5. The Hall–Kier alpha value is -4.49. The van der Waals surface area contributed by atoms with Crippen LogP contribution in [0.3, 0.4) is 0 Å². The van der Waals surface area contributed by atoms with Crippen molar-refractivity contribution < 1.29 is 51.0 Å². The summed E-state index contributed by atoms with van der Waals surface area (Å²) >= 11 is 14.3. The van der Waals surface area contributed by atoms with Gasteiger partial charge in [-0.25, -0.2) is 26.9 Å². The third kappa shape index (κ3) is 4.28. The van der Waals surface area contributed by atoms with Gasteiger partial charge in [-0.15, -0.1) is 23.2 Å². The normalized spacial score (nSPS) is 28.9. The molecule has 0 bridgehead atoms. The molecule has 3 fully saturated rings. The van der Waals surface area contributed by atoms with Gasteiger partial charge < -0.3 is 9.84 Å². The zero-order chi connectivity index (χ0) is 36.2. The first kappa shape index (κ1) is 34.0. The molecule has 0 aromatic heterocycles. The highest BCUT2D eigenvalue weighted by Gasteiger charge is 2.77. The molecule has 2 aliphatic heterocycles. The first-order valence-corrected chi connectivity index (χ1v) is 16.2. The van der Waals surface area contributed by atoms with Crippen LogP contribution in [-0.2, 0) is 25.6 Å². The topological polar surface area (TPSA) is 104 Å². The maximum Gasteiger partial charge on any atom is 0.258 e. The van der Waals surface area contributed by atoms with Crippen LogP contribution in [0, 0.1) is 46.8 Å². The van der Waals surface area contributed by atoms with Gasteiger partial charge in [0.1, 0.15) is 5.69 Å². The lowest BCUT2D eigenvalue weighted by Crippen LogP contribution is -2.60. The van der Waals surface area contributed by atoms with E-state index in [0.717, 1.165) is 10.5 Å². The average molecular weight is 735 g/mol. The number of allylic oxidation sites excluding steroid dienone is 2. The third-order valence-corrected chi connectivity index (χ3v) is 11.8. The monoisotopic (exact) mass is 734 g/mol. The molecule has 3 aromatic carbocycles. The predicted molar refractivity (Wildman–Crippen MR) is 169 cm³/mol. The lowest BCUT2D eigenvalue weighted by Gasteiger charge is -2.50. The zero-order valence-corrected chi connectivity index (χ0v) is 27.6. The van der Waals surface area contributed by atoms with Crippen LogP contribution >= 0.6 is 23.2 Å². The summed E-state index contributed by atoms with van der Waals surface area (Å²) in [6, 6.07) is 10.6. The van der Waals surface area contributed by atoms with Crippen molar-refractivity contribution in [3.63, 3.8) is 0 Å². The van der Waals surface area contributed by atoms with Gasteiger partial charge in [-0.3, -0.25) is 24.1 Å². The van der Waals surface area contributed by atoms with E-state index in [9.17, 15) is 37.5 Å². The molecule has 6 atom stereocenters. The number of nitrogens with zero attached hydrogens (tertiary/aromatic N) is 2. The number of methoxy groups -OCH3 is 1. The molecule has 1 saturated carbocycles. The number of carbonyl (C=O) groups is 4. The van der Waals surface area contributed by atoms with E-state index in [2.05, 4.69) is 0 Å². The average Bonchev–Trinajstić information content (AvgIpc) is 3.45. The Morgan fingerprint density at radius 1 is 0.840 bits per heavy atom. The van der Waals surface area contributed by atoms with Crippen LogP contribution in [-0.4, -0.2) is 45.6 Å². The van der Waals surface area contributed by atoms with Crippen molar-refractivity contribution in [3.8, 4) is 11.5 Å². The number of phenols is 1. The maximum atomic E-state index is 15.2. The Morgan fingerprint density at radius 3 is 2.06 bits per heavy atom. The van der Waals surface area contributed by atoms with Gasteiger partial charge in [0.05, 0.1) is 24.6 Å². The van der Waals surface area contributed by atoms with Crippen LogP contribution in [0.4, 0.5) is 33.3 Å². The lowest BCUT2D eigenvalue weighted by atomic mass is 9.56. The smallest absolute Gasteiger partial charge is 0.258 e. The van der Waals surface area contributed by atoms with Gasteiger partial charge in [0.15, 0.2) is 44.5 Å². The number of aromatic hydroxyl groups is 1. The largest absolute Gasteiger partial charge is 0.504 e. The molecule has 260 valence electrons. The Balaban J connectivity index is 1.42. The van der Waals surface area contributed by atoms with Crippen LogP contribution in [0.1, 0.15) is 36.8 Å². The highest BCUT2D eigenvalue weighted by atomic mass is 35.5. The molecule has 15 heteroatoms. The number of imide groups is 2. The van der Waals surface area contributed by atoms with E-state index >= 15 is 8.78 Å². The summed E-state index contributed by atoms with van der Waals surface area (Å²) in [6.07, 6.45) is 1.65. The number of hydrogen-bond donors (Lipinski definition) is 1. The van der Waals surface area contributed by atoms with Crippen molar-refractivity contribution in [2.45, 2.75) is 41.9 Å². The molecular weight excluding hydrogens is 710 g/mol. The number of phenolic OH excluding ortho intramolecular Hbond substituents is 1. The van der Waals surface area contributed by atoms with Crippen LogP contribution in [0.5, 0.6) is 11.5 Å². The Bertz CT molecular complexity index is 2050. The molecule has 0 spiro atoms. The fraction of sp³-hybridized carbons (Fsp3) is 0.314. The van der Waals surface area contributed by atoms with Gasteiger partial charge in [0, 0.05) is 5.92 Å². The number of carbonyl (C=O) groups excluding carboxylic acids is 4. The fourth-order valence-corrected chi connectivity index (χ4v) is 8.88. The molecule has 3 aromatic rings. The molecule has 4 aliphatic rings. The summed E-state index contributed by atoms with van der Waals surface area (Å²) in [5.41, 5.74) is -0.232. The van der Waals surface area contributed by atoms with E-state index in [1.54, 1.807) is 30.3 Å². The number of fused-ring (bicyclic) bond motifs is 4. The van der Waals surface area contributed by atoms with E-state index in [4.69, 9.17) is 27.9 Å². The standard InChI is InChI=1S/C35H25Cl2F5N2O6/c1-3-14-4-7-16(8-5-14)43-30(46)18-10-9-17-19(22(18)31(43)47)13-34(36)32(48)44(29-27(41)25(39)24(38)26(40)28(29)42)33(49)35(34,37)23(17)15-6-11-20(45)21(12-15)50-2/h4-9,11-12,18-19,22-23,45H,3,10,13H2,1-2H3. The van der Waals surface area contributed by atoms with Crippen molar-refractivity contribution in [2.24, 2.45) is 17.8 Å². The highest BCUT2D eigenvalue weighted by Crippen LogP contribution is 2.66. The SMILES string of the molecule is CCc1ccc(N2C(=O)C3CC=C4C(CC5(Cl)C(=O)N(c6c(F)c(F)c(F)c(F)c6F)C(=O)C5(Cl)C4c4ccc(O)c(OC)c4)C3C2=O)cc1. The number of ether oxygens (including phenoxy) is 1. The molecule has 2 saturated heterocycles. The lowest BCUT2D eigenvalue weighted by molar-refractivity contribution is -0.125. The van der Waals surface area contributed by atoms with Crippen LogP contribution in [0.25, 0.3) is 0 Å². The van der Waals surface area contributed by atoms with Gasteiger partial charge in [-0.1, -0.05) is 36.8 Å². The predicted octanol–water partition coefficient (Wildman–Crippen LogP) is 6.43. The molecule has 8 nitrogen and oxygen atoms in total. The number of anilines is 2. The Labute approximate surface area is 291 Å². The number of aryl methyl sites for hydroxylation is 1. The second kappa shape index (κ2) is 11.5.